The zero-order chi connectivity index (χ0) is 11.8. The highest BCUT2D eigenvalue weighted by Gasteiger charge is 2.18. The fourth-order valence-corrected chi connectivity index (χ4v) is 1.85. The highest BCUT2D eigenvalue weighted by atomic mass is 16.2. The van der Waals surface area contributed by atoms with Crippen molar-refractivity contribution in [2.45, 2.75) is 45.4 Å². The van der Waals surface area contributed by atoms with Crippen LogP contribution in [0.2, 0.25) is 0 Å². The highest BCUT2D eigenvalue weighted by molar-refractivity contribution is 5.78. The summed E-state index contributed by atoms with van der Waals surface area (Å²) >= 11 is 0. The number of amides is 2. The van der Waals surface area contributed by atoms with E-state index in [0.717, 1.165) is 51.7 Å². The van der Waals surface area contributed by atoms with Gasteiger partial charge in [-0.2, -0.15) is 0 Å². The summed E-state index contributed by atoms with van der Waals surface area (Å²) in [5.74, 6) is 0.559. The van der Waals surface area contributed by atoms with Crippen molar-refractivity contribution in [3.05, 3.63) is 0 Å². The molecule has 2 aliphatic rings. The lowest BCUT2D eigenvalue weighted by Gasteiger charge is -2.13. The molecule has 92 valence electrons. The number of nitrogens with one attached hydrogen (secondary N) is 1. The molecule has 0 aromatic rings. The Labute approximate surface area is 97.4 Å². The van der Waals surface area contributed by atoms with Crippen molar-refractivity contribution in [2.75, 3.05) is 19.6 Å². The van der Waals surface area contributed by atoms with E-state index in [1.807, 2.05) is 4.90 Å². The average molecular weight is 226 g/mol. The lowest BCUT2D eigenvalue weighted by molar-refractivity contribution is -0.127. The zero-order valence-electron chi connectivity index (χ0n) is 10.1. The Balaban J connectivity index is 0.000000181. The monoisotopic (exact) mass is 226 g/mol. The summed E-state index contributed by atoms with van der Waals surface area (Å²) in [5.41, 5.74) is 0. The molecular weight excluding hydrogens is 204 g/mol. The third kappa shape index (κ3) is 4.64. The molecule has 0 saturated carbocycles. The van der Waals surface area contributed by atoms with Gasteiger partial charge in [0.05, 0.1) is 0 Å². The second-order valence-corrected chi connectivity index (χ2v) is 4.29. The minimum absolute atomic E-state index is 0.204. The fraction of sp³-hybridized carbons (Fsp3) is 0.833. The second kappa shape index (κ2) is 7.25. The molecule has 0 spiro atoms. The van der Waals surface area contributed by atoms with Crippen molar-refractivity contribution in [1.29, 1.82) is 0 Å². The highest BCUT2D eigenvalue weighted by Crippen LogP contribution is 2.09. The Kier molecular flexibility index (Phi) is 5.90. The average Bonchev–Trinajstić information content (AvgIpc) is 2.88. The molecule has 0 atom stereocenters. The van der Waals surface area contributed by atoms with Crippen LogP contribution in [0.15, 0.2) is 0 Å². The van der Waals surface area contributed by atoms with Crippen LogP contribution in [0, 0.1) is 0 Å². The lowest BCUT2D eigenvalue weighted by Crippen LogP contribution is -2.25. The number of hydrogen-bond donors (Lipinski definition) is 1. The molecule has 0 aromatic heterocycles. The van der Waals surface area contributed by atoms with Crippen LogP contribution in [-0.4, -0.2) is 36.3 Å². The van der Waals surface area contributed by atoms with Crippen molar-refractivity contribution in [3.8, 4) is 0 Å². The quantitative estimate of drug-likeness (QED) is 0.788. The van der Waals surface area contributed by atoms with Crippen LogP contribution in [0.25, 0.3) is 0 Å². The maximum absolute atomic E-state index is 11.0. The van der Waals surface area contributed by atoms with E-state index in [-0.39, 0.29) is 5.91 Å². The fourth-order valence-electron chi connectivity index (χ4n) is 1.85. The standard InChI is InChI=1S/C8H15NO.C4H7NO/c1-2-3-6-9-7-4-5-8(9)10;6-4-2-1-3-5-4/h2-7H2,1H3;1-3H2,(H,5,6). The summed E-state index contributed by atoms with van der Waals surface area (Å²) in [6, 6.07) is 0. The van der Waals surface area contributed by atoms with E-state index < -0.39 is 0 Å². The van der Waals surface area contributed by atoms with Gasteiger partial charge in [0.15, 0.2) is 0 Å². The van der Waals surface area contributed by atoms with Crippen LogP contribution in [-0.2, 0) is 9.59 Å². The summed E-state index contributed by atoms with van der Waals surface area (Å²) in [4.78, 5) is 23.1. The molecule has 2 heterocycles. The maximum atomic E-state index is 11.0. The van der Waals surface area contributed by atoms with Crippen molar-refractivity contribution in [2.24, 2.45) is 0 Å². The van der Waals surface area contributed by atoms with Gasteiger partial charge in [-0.15, -0.1) is 0 Å². The Morgan fingerprint density at radius 3 is 2.44 bits per heavy atom. The summed E-state index contributed by atoms with van der Waals surface area (Å²) < 4.78 is 0. The Hall–Kier alpha value is -1.06. The number of rotatable bonds is 3. The van der Waals surface area contributed by atoms with Gasteiger partial charge in [0, 0.05) is 32.5 Å². The van der Waals surface area contributed by atoms with Crippen molar-refractivity contribution in [1.82, 2.24) is 10.2 Å². The van der Waals surface area contributed by atoms with E-state index in [1.165, 1.54) is 6.42 Å². The van der Waals surface area contributed by atoms with Crippen molar-refractivity contribution < 1.29 is 9.59 Å². The van der Waals surface area contributed by atoms with Crippen LogP contribution >= 0.6 is 0 Å². The first-order valence-electron chi connectivity index (χ1n) is 6.28. The number of carbonyl (C=O) groups excluding carboxylic acids is 2. The molecule has 16 heavy (non-hydrogen) atoms. The van der Waals surface area contributed by atoms with Gasteiger partial charge in [-0.1, -0.05) is 13.3 Å². The SMILES string of the molecule is CCCCN1CCCC1=O.O=C1CCCN1. The van der Waals surface area contributed by atoms with E-state index in [4.69, 9.17) is 0 Å². The van der Waals surface area contributed by atoms with Crippen LogP contribution in [0.4, 0.5) is 0 Å². The van der Waals surface area contributed by atoms with Gasteiger partial charge < -0.3 is 10.2 Å². The van der Waals surface area contributed by atoms with E-state index in [9.17, 15) is 9.59 Å². The Morgan fingerprint density at radius 2 is 2.06 bits per heavy atom. The third-order valence-corrected chi connectivity index (χ3v) is 2.86. The van der Waals surface area contributed by atoms with Crippen molar-refractivity contribution in [3.63, 3.8) is 0 Å². The molecule has 4 nitrogen and oxygen atoms in total. The first-order valence-corrected chi connectivity index (χ1v) is 6.28. The molecule has 0 bridgehead atoms. The Bertz CT molecular complexity index is 233. The predicted molar refractivity (Wildman–Crippen MR) is 63.0 cm³/mol. The van der Waals surface area contributed by atoms with Gasteiger partial charge in [0.2, 0.25) is 11.8 Å². The van der Waals surface area contributed by atoms with Crippen LogP contribution < -0.4 is 5.32 Å². The molecular formula is C12H22N2O2. The summed E-state index contributed by atoms with van der Waals surface area (Å²) in [6.07, 6.45) is 5.96. The van der Waals surface area contributed by atoms with E-state index >= 15 is 0 Å². The molecule has 2 fully saturated rings. The third-order valence-electron chi connectivity index (χ3n) is 2.86. The number of nitrogens with zero attached hydrogens (tertiary/aromatic N) is 1. The van der Waals surface area contributed by atoms with E-state index in [1.54, 1.807) is 0 Å². The summed E-state index contributed by atoms with van der Waals surface area (Å²) in [6.45, 7) is 5.02. The van der Waals surface area contributed by atoms with Gasteiger partial charge in [0.25, 0.3) is 0 Å². The molecule has 4 heteroatoms. The normalized spacial score (nSPS) is 19.4. The van der Waals surface area contributed by atoms with Gasteiger partial charge in [-0.25, -0.2) is 0 Å². The zero-order valence-corrected chi connectivity index (χ0v) is 10.1. The Morgan fingerprint density at radius 1 is 1.25 bits per heavy atom. The minimum Gasteiger partial charge on any atom is -0.356 e. The van der Waals surface area contributed by atoms with Crippen molar-refractivity contribution >= 4 is 11.8 Å². The molecule has 1 N–H and O–H groups in total. The van der Waals surface area contributed by atoms with Gasteiger partial charge >= 0.3 is 0 Å². The van der Waals surface area contributed by atoms with E-state index in [2.05, 4.69) is 12.2 Å². The predicted octanol–water partition coefficient (Wildman–Crippen LogP) is 1.31. The first-order chi connectivity index (χ1) is 7.74. The molecule has 2 rings (SSSR count). The molecule has 0 aliphatic carbocycles. The number of hydrogen-bond acceptors (Lipinski definition) is 2. The summed E-state index contributed by atoms with van der Waals surface area (Å²) in [7, 11) is 0. The molecule has 2 saturated heterocycles. The minimum atomic E-state index is 0.204. The largest absolute Gasteiger partial charge is 0.356 e. The number of unbranched alkanes of at least 4 members (excludes halogenated alkanes) is 1. The van der Waals surface area contributed by atoms with Gasteiger partial charge in [-0.3, -0.25) is 9.59 Å². The maximum Gasteiger partial charge on any atom is 0.222 e. The van der Waals surface area contributed by atoms with Crippen LogP contribution in [0.1, 0.15) is 45.4 Å². The smallest absolute Gasteiger partial charge is 0.222 e. The van der Waals surface area contributed by atoms with Gasteiger partial charge in [0.1, 0.15) is 0 Å². The summed E-state index contributed by atoms with van der Waals surface area (Å²) in [5, 5.41) is 2.68. The molecule has 2 amide bonds. The molecule has 0 aromatic carbocycles. The van der Waals surface area contributed by atoms with Crippen LogP contribution in [0.3, 0.4) is 0 Å². The van der Waals surface area contributed by atoms with Gasteiger partial charge in [-0.05, 0) is 19.3 Å². The number of likely N-dealkylation sites (tertiary alicyclic amines) is 1. The number of carbonyl (C=O) groups is 2. The van der Waals surface area contributed by atoms with E-state index in [0.29, 0.717) is 5.91 Å². The first kappa shape index (κ1) is 13.0. The van der Waals surface area contributed by atoms with Crippen LogP contribution in [0.5, 0.6) is 0 Å². The topological polar surface area (TPSA) is 49.4 Å². The molecule has 2 aliphatic heterocycles. The molecule has 0 unspecified atom stereocenters. The lowest BCUT2D eigenvalue weighted by atomic mass is 10.3. The molecule has 0 radical (unpaired) electrons. The second-order valence-electron chi connectivity index (χ2n) is 4.29.